The number of nitrogens with one attached hydrogen (secondary N) is 2. The summed E-state index contributed by atoms with van der Waals surface area (Å²) in [6, 6.07) is -0.917. The number of hydrogen-bond donors (Lipinski definition) is 2. The molecule has 1 aromatic heterocycles. The van der Waals surface area contributed by atoms with Crippen LogP contribution in [0.1, 0.15) is 32.6 Å². The molecule has 12 heteroatoms. The molecule has 29 heavy (non-hydrogen) atoms. The van der Waals surface area contributed by atoms with E-state index in [-0.39, 0.29) is 6.61 Å². The number of hydrogen-bond acceptors (Lipinski definition) is 8. The number of carbonyl (C=O) groups is 1. The van der Waals surface area contributed by atoms with Gasteiger partial charge in [-0.15, -0.1) is 0 Å². The Morgan fingerprint density at radius 2 is 2.03 bits per heavy atom. The lowest BCUT2D eigenvalue weighted by Crippen LogP contribution is -2.35. The Morgan fingerprint density at radius 1 is 1.34 bits per heavy atom. The average molecular weight is 431 g/mol. The molecule has 0 amide bonds. The number of esters is 1. The lowest BCUT2D eigenvalue weighted by Gasteiger charge is -2.25. The number of carbonyl (C=O) groups excluding carboxylic acids is 1. The van der Waals surface area contributed by atoms with Crippen molar-refractivity contribution in [3.8, 4) is 0 Å². The topological polar surface area (TPSA) is 138 Å². The zero-order chi connectivity index (χ0) is 21.8. The number of rotatable bonds is 9. The van der Waals surface area contributed by atoms with Gasteiger partial charge in [-0.3, -0.25) is 28.2 Å². The number of nitrogens with zero attached hydrogens (tertiary/aromatic N) is 1. The standard InChI is InChI=1S/C17H26N3O8P/c1-10(2)28-29(24,19-12(4)16(22)25-5)26-9-13-6-7-14(27-13)20-8-11(3)15(21)18-17(20)23/h6-8,10,12-14H,9H2,1-5H3,(H,19,24)(H,18,21,23)/t12-,13-,14+,29?/m0/s1. The third-order valence-electron chi connectivity index (χ3n) is 3.89. The van der Waals surface area contributed by atoms with Crippen molar-refractivity contribution in [2.45, 2.75) is 52.2 Å². The predicted molar refractivity (Wildman–Crippen MR) is 104 cm³/mol. The van der Waals surface area contributed by atoms with Crippen molar-refractivity contribution in [3.63, 3.8) is 0 Å². The Kier molecular flexibility index (Phi) is 7.73. The maximum Gasteiger partial charge on any atom is 0.406 e. The molecule has 0 saturated carbocycles. The molecule has 1 unspecified atom stereocenters. The summed E-state index contributed by atoms with van der Waals surface area (Å²) in [6.45, 7) is 6.23. The number of aromatic amines is 1. The van der Waals surface area contributed by atoms with Crippen LogP contribution in [0.4, 0.5) is 0 Å². The minimum absolute atomic E-state index is 0.158. The van der Waals surface area contributed by atoms with Gasteiger partial charge in [-0.05, 0) is 33.8 Å². The van der Waals surface area contributed by atoms with Crippen LogP contribution in [0.2, 0.25) is 0 Å². The summed E-state index contributed by atoms with van der Waals surface area (Å²) in [4.78, 5) is 37.3. The van der Waals surface area contributed by atoms with Crippen LogP contribution < -0.4 is 16.3 Å². The fourth-order valence-electron chi connectivity index (χ4n) is 2.53. The van der Waals surface area contributed by atoms with Gasteiger partial charge < -0.3 is 9.47 Å². The van der Waals surface area contributed by atoms with Crippen molar-refractivity contribution in [1.29, 1.82) is 0 Å². The van der Waals surface area contributed by atoms with E-state index in [9.17, 15) is 18.9 Å². The van der Waals surface area contributed by atoms with E-state index in [1.54, 1.807) is 32.9 Å². The molecule has 1 aliphatic heterocycles. The first-order valence-corrected chi connectivity index (χ1v) is 10.5. The molecule has 0 saturated heterocycles. The van der Waals surface area contributed by atoms with Gasteiger partial charge >= 0.3 is 19.4 Å². The molecule has 162 valence electrons. The zero-order valence-electron chi connectivity index (χ0n) is 16.9. The van der Waals surface area contributed by atoms with Gasteiger partial charge in [0.05, 0.1) is 19.8 Å². The van der Waals surface area contributed by atoms with Crippen molar-refractivity contribution < 1.29 is 27.9 Å². The second-order valence-electron chi connectivity index (χ2n) is 6.75. The molecule has 0 fully saturated rings. The summed E-state index contributed by atoms with van der Waals surface area (Å²) >= 11 is 0. The second kappa shape index (κ2) is 9.64. The number of aromatic nitrogens is 2. The summed E-state index contributed by atoms with van der Waals surface area (Å²) in [6.07, 6.45) is 2.84. The van der Waals surface area contributed by atoms with E-state index < -0.39 is 49.4 Å². The highest BCUT2D eigenvalue weighted by Crippen LogP contribution is 2.46. The van der Waals surface area contributed by atoms with E-state index in [1.165, 1.54) is 24.8 Å². The van der Waals surface area contributed by atoms with Crippen molar-refractivity contribution in [2.75, 3.05) is 13.7 Å². The van der Waals surface area contributed by atoms with Gasteiger partial charge in [-0.2, -0.15) is 0 Å². The molecule has 1 aromatic rings. The van der Waals surface area contributed by atoms with Crippen LogP contribution in [0.5, 0.6) is 0 Å². The molecule has 0 spiro atoms. The largest absolute Gasteiger partial charge is 0.468 e. The van der Waals surface area contributed by atoms with E-state index >= 15 is 0 Å². The van der Waals surface area contributed by atoms with Gasteiger partial charge in [0.15, 0.2) is 6.23 Å². The van der Waals surface area contributed by atoms with E-state index in [0.717, 1.165) is 0 Å². The third-order valence-corrected chi connectivity index (χ3v) is 5.78. The van der Waals surface area contributed by atoms with Gasteiger partial charge in [0, 0.05) is 11.8 Å². The first-order chi connectivity index (χ1) is 13.5. The van der Waals surface area contributed by atoms with E-state index in [1.807, 2.05) is 0 Å². The van der Waals surface area contributed by atoms with E-state index in [0.29, 0.717) is 5.56 Å². The first-order valence-electron chi connectivity index (χ1n) is 8.99. The van der Waals surface area contributed by atoms with E-state index in [2.05, 4.69) is 14.8 Å². The molecule has 11 nitrogen and oxygen atoms in total. The van der Waals surface area contributed by atoms with Gasteiger partial charge in [-0.25, -0.2) is 14.4 Å². The van der Waals surface area contributed by atoms with Crippen LogP contribution >= 0.6 is 7.75 Å². The molecule has 0 aromatic carbocycles. The molecule has 0 bridgehead atoms. The Balaban J connectivity index is 2.04. The smallest absolute Gasteiger partial charge is 0.406 e. The molecular formula is C17H26N3O8P. The van der Waals surface area contributed by atoms with Crippen LogP contribution in [0.25, 0.3) is 0 Å². The number of aryl methyl sites for hydroxylation is 1. The Morgan fingerprint density at radius 3 is 2.66 bits per heavy atom. The third kappa shape index (κ3) is 6.22. The molecule has 2 heterocycles. The molecule has 4 atom stereocenters. The van der Waals surface area contributed by atoms with Crippen molar-refractivity contribution >= 4 is 13.7 Å². The molecule has 2 rings (SSSR count). The normalized spacial score (nSPS) is 21.9. The molecule has 0 radical (unpaired) electrons. The highest BCUT2D eigenvalue weighted by atomic mass is 31.2. The summed E-state index contributed by atoms with van der Waals surface area (Å²) in [5.41, 5.74) is -0.720. The lowest BCUT2D eigenvalue weighted by molar-refractivity contribution is -0.142. The molecule has 1 aliphatic rings. The van der Waals surface area contributed by atoms with Gasteiger partial charge in [-0.1, -0.05) is 6.08 Å². The van der Waals surface area contributed by atoms with Crippen LogP contribution in [-0.4, -0.2) is 47.5 Å². The molecule has 2 N–H and O–H groups in total. The predicted octanol–water partition coefficient (Wildman–Crippen LogP) is 0.999. The van der Waals surface area contributed by atoms with Crippen molar-refractivity contribution in [1.82, 2.24) is 14.6 Å². The Bertz CT molecular complexity index is 922. The summed E-state index contributed by atoms with van der Waals surface area (Å²) in [5.74, 6) is -0.619. The number of ether oxygens (including phenoxy) is 2. The number of H-pyrrole nitrogens is 1. The summed E-state index contributed by atoms with van der Waals surface area (Å²) < 4.78 is 35.3. The molecular weight excluding hydrogens is 405 g/mol. The van der Waals surface area contributed by atoms with Crippen LogP contribution in [0.15, 0.2) is 27.9 Å². The van der Waals surface area contributed by atoms with E-state index in [4.69, 9.17) is 13.8 Å². The Labute approximate surface area is 167 Å². The van der Waals surface area contributed by atoms with Crippen LogP contribution in [0.3, 0.4) is 0 Å². The van der Waals surface area contributed by atoms with Crippen LogP contribution in [0, 0.1) is 6.92 Å². The van der Waals surface area contributed by atoms with Gasteiger partial charge in [0.25, 0.3) is 5.56 Å². The van der Waals surface area contributed by atoms with Gasteiger partial charge in [0.1, 0.15) is 12.1 Å². The monoisotopic (exact) mass is 431 g/mol. The van der Waals surface area contributed by atoms with Crippen molar-refractivity contribution in [3.05, 3.63) is 44.8 Å². The minimum Gasteiger partial charge on any atom is -0.468 e. The highest BCUT2D eigenvalue weighted by Gasteiger charge is 2.33. The van der Waals surface area contributed by atoms with Gasteiger partial charge in [0.2, 0.25) is 0 Å². The molecule has 0 aliphatic carbocycles. The number of methoxy groups -OCH3 is 1. The SMILES string of the molecule is COC(=O)[C@H](C)NP(=O)(OC[C@@H]1C=C[C@H](n2cc(C)c(=O)[nH]c2=O)O1)OC(C)C. The summed E-state index contributed by atoms with van der Waals surface area (Å²) in [7, 11) is -2.63. The maximum absolute atomic E-state index is 13.0. The van der Waals surface area contributed by atoms with Crippen LogP contribution in [-0.2, 0) is 27.9 Å². The minimum atomic E-state index is -3.85. The fourth-order valence-corrected chi connectivity index (χ4v) is 4.21. The first kappa shape index (κ1) is 23.2. The Hall–Kier alpha value is -2.04. The maximum atomic E-state index is 13.0. The quantitative estimate of drug-likeness (QED) is 0.333. The summed E-state index contributed by atoms with van der Waals surface area (Å²) in [5, 5.41) is 2.53. The average Bonchev–Trinajstić information content (AvgIpc) is 3.10. The second-order valence-corrected chi connectivity index (χ2v) is 8.47. The highest BCUT2D eigenvalue weighted by molar-refractivity contribution is 7.51. The fraction of sp³-hybridized carbons (Fsp3) is 0.588. The van der Waals surface area contributed by atoms with Crippen molar-refractivity contribution in [2.24, 2.45) is 0 Å². The zero-order valence-corrected chi connectivity index (χ0v) is 17.8. The lowest BCUT2D eigenvalue weighted by atomic mass is 10.3.